The maximum atomic E-state index is 15.4. The van der Waals surface area contributed by atoms with Crippen molar-refractivity contribution in [3.8, 4) is 0 Å². The number of piperazine rings is 2. The smallest absolute Gasteiger partial charge is 0.341 e. The minimum Gasteiger partial charge on any atom is -0.477 e. The number of aromatic carboxylic acids is 1. The molecule has 4 fully saturated rings. The number of rotatable bonds is 8. The van der Waals surface area contributed by atoms with E-state index < -0.39 is 23.0 Å². The van der Waals surface area contributed by atoms with Crippen LogP contribution in [-0.2, 0) is 0 Å². The quantitative estimate of drug-likeness (QED) is 0.201. The molecule has 0 unspecified atom stereocenters. The molecule has 13 heteroatoms. The minimum atomic E-state index is -1.32. The zero-order chi connectivity index (χ0) is 34.8. The Bertz CT molecular complexity index is 2190. The number of fused-ring (bicyclic) bond motifs is 2. The van der Waals surface area contributed by atoms with Gasteiger partial charge in [-0.25, -0.2) is 13.6 Å². The molecular formula is C37H39F2N7O4. The molecular weight excluding hydrogens is 644 g/mol. The van der Waals surface area contributed by atoms with Crippen LogP contribution < -0.4 is 20.7 Å². The van der Waals surface area contributed by atoms with Gasteiger partial charge < -0.3 is 33.8 Å². The predicted octanol–water partition coefficient (Wildman–Crippen LogP) is 4.79. The van der Waals surface area contributed by atoms with Gasteiger partial charge in [0.15, 0.2) is 5.43 Å². The first-order valence-corrected chi connectivity index (χ1v) is 17.3. The number of carbonyl (C=O) groups is 1. The number of nitrogens with zero attached hydrogens (tertiary/aromatic N) is 6. The highest BCUT2D eigenvalue weighted by molar-refractivity contribution is 5.93. The van der Waals surface area contributed by atoms with Crippen molar-refractivity contribution in [3.63, 3.8) is 0 Å². The standard InChI is InChI=1S/C37H39F2N7O4/c1-22(41-8-10-42(11-9-41)32-19-30-25(17-28(32)38)34(47)6-7-45(30)23-2-3-23)16-35(40)44-14-12-43(13-15-44)33-20-31-26(18-29(33)39)36(48)27(37(49)50)21-46(31)24-4-5-24/h6-7,17-21,23-24,40H,1-5,8-16H2,(H,49,50). The summed E-state index contributed by atoms with van der Waals surface area (Å²) in [7, 11) is 0. The Morgan fingerprint density at radius 3 is 1.86 bits per heavy atom. The Morgan fingerprint density at radius 2 is 1.30 bits per heavy atom. The summed E-state index contributed by atoms with van der Waals surface area (Å²) in [6.07, 6.45) is 7.42. The topological polar surface area (TPSA) is 118 Å². The van der Waals surface area contributed by atoms with E-state index in [1.54, 1.807) is 10.6 Å². The molecule has 4 aromatic rings. The number of aromatic nitrogens is 2. The number of hydrogen-bond donors (Lipinski definition) is 2. The minimum absolute atomic E-state index is 0.0692. The van der Waals surface area contributed by atoms with Crippen molar-refractivity contribution in [3.05, 3.63) is 92.6 Å². The third kappa shape index (κ3) is 5.77. The molecule has 2 aliphatic carbocycles. The van der Waals surface area contributed by atoms with E-state index in [4.69, 9.17) is 5.41 Å². The molecule has 0 spiro atoms. The van der Waals surface area contributed by atoms with Gasteiger partial charge >= 0.3 is 5.97 Å². The van der Waals surface area contributed by atoms with Gasteiger partial charge in [0, 0.05) is 106 Å². The lowest BCUT2D eigenvalue weighted by atomic mass is 10.1. The third-order valence-electron chi connectivity index (χ3n) is 10.6. The lowest BCUT2D eigenvalue weighted by Gasteiger charge is -2.40. The first kappa shape index (κ1) is 32.0. The molecule has 2 aromatic carbocycles. The second-order valence-corrected chi connectivity index (χ2v) is 13.9. The monoisotopic (exact) mass is 683 g/mol. The maximum absolute atomic E-state index is 15.4. The van der Waals surface area contributed by atoms with E-state index in [-0.39, 0.29) is 22.4 Å². The van der Waals surface area contributed by atoms with Crippen molar-refractivity contribution in [2.24, 2.45) is 0 Å². The maximum Gasteiger partial charge on any atom is 0.341 e. The number of benzene rings is 2. The molecule has 260 valence electrons. The highest BCUT2D eigenvalue weighted by Crippen LogP contribution is 2.39. The molecule has 4 heterocycles. The van der Waals surface area contributed by atoms with Gasteiger partial charge in [0.05, 0.1) is 22.4 Å². The normalized spacial score (nSPS) is 18.3. The lowest BCUT2D eigenvalue weighted by Crippen LogP contribution is -2.50. The Kier molecular flexibility index (Phi) is 7.87. The molecule has 2 N–H and O–H groups in total. The molecule has 2 aliphatic heterocycles. The first-order valence-electron chi connectivity index (χ1n) is 17.3. The van der Waals surface area contributed by atoms with Crippen LogP contribution in [0.4, 0.5) is 20.2 Å². The number of amidine groups is 1. The van der Waals surface area contributed by atoms with Gasteiger partial charge in [-0.2, -0.15) is 0 Å². The van der Waals surface area contributed by atoms with Crippen LogP contribution in [-0.4, -0.2) is 88.2 Å². The van der Waals surface area contributed by atoms with Crippen molar-refractivity contribution in [1.29, 1.82) is 5.41 Å². The number of pyridine rings is 2. The van der Waals surface area contributed by atoms with Crippen LogP contribution in [0.5, 0.6) is 0 Å². The number of halogens is 2. The van der Waals surface area contributed by atoms with Crippen molar-refractivity contribution >= 4 is 45.0 Å². The summed E-state index contributed by atoms with van der Waals surface area (Å²) < 4.78 is 34.6. The van der Waals surface area contributed by atoms with Gasteiger partial charge in [-0.15, -0.1) is 0 Å². The van der Waals surface area contributed by atoms with E-state index in [1.807, 2.05) is 27.0 Å². The van der Waals surface area contributed by atoms with Crippen molar-refractivity contribution < 1.29 is 18.7 Å². The molecule has 4 aliphatic rings. The van der Waals surface area contributed by atoms with E-state index >= 15 is 8.78 Å². The van der Waals surface area contributed by atoms with E-state index in [2.05, 4.69) is 16.0 Å². The molecule has 0 bridgehead atoms. The first-order chi connectivity index (χ1) is 24.1. The van der Waals surface area contributed by atoms with Gasteiger partial charge in [-0.05, 0) is 49.9 Å². The summed E-state index contributed by atoms with van der Waals surface area (Å²) in [5.41, 5.74) is 1.77. The van der Waals surface area contributed by atoms with Crippen molar-refractivity contribution in [2.45, 2.75) is 44.2 Å². The van der Waals surface area contributed by atoms with E-state index in [9.17, 15) is 19.5 Å². The van der Waals surface area contributed by atoms with Crippen molar-refractivity contribution in [2.75, 3.05) is 62.2 Å². The molecule has 0 atom stereocenters. The van der Waals surface area contributed by atoms with Crippen LogP contribution >= 0.6 is 0 Å². The molecule has 2 saturated carbocycles. The van der Waals surface area contributed by atoms with Crippen LogP contribution in [0, 0.1) is 17.0 Å². The fourth-order valence-electron chi connectivity index (χ4n) is 7.50. The molecule has 2 aromatic heterocycles. The average Bonchev–Trinajstić information content (AvgIpc) is 4.04. The number of hydrogen-bond acceptors (Lipinski definition) is 7. The SMILES string of the molecule is C=C(CC(=N)N1CCN(c2cc3c(cc2F)c(=O)c(C(=O)O)cn3C2CC2)CC1)N1CCN(c2cc3c(cc2F)c(=O)ccn3C2CC2)CC1. The van der Waals surface area contributed by atoms with Gasteiger partial charge in [0.2, 0.25) is 5.43 Å². The Hall–Kier alpha value is -5.20. The fourth-order valence-corrected chi connectivity index (χ4v) is 7.50. The second kappa shape index (κ2) is 12.3. The van der Waals surface area contributed by atoms with Gasteiger partial charge in [0.1, 0.15) is 23.0 Å². The van der Waals surface area contributed by atoms with Gasteiger partial charge in [0.25, 0.3) is 0 Å². The van der Waals surface area contributed by atoms with E-state index in [0.29, 0.717) is 92.9 Å². The molecule has 0 amide bonds. The predicted molar refractivity (Wildman–Crippen MR) is 189 cm³/mol. The number of carboxylic acid groups (broad SMARTS) is 1. The average molecular weight is 684 g/mol. The highest BCUT2D eigenvalue weighted by Gasteiger charge is 2.30. The third-order valence-corrected chi connectivity index (χ3v) is 10.6. The second-order valence-electron chi connectivity index (χ2n) is 13.9. The number of nitrogens with one attached hydrogen (secondary N) is 1. The van der Waals surface area contributed by atoms with Crippen LogP contribution in [0.3, 0.4) is 0 Å². The zero-order valence-corrected chi connectivity index (χ0v) is 27.7. The van der Waals surface area contributed by atoms with Crippen LogP contribution in [0.2, 0.25) is 0 Å². The highest BCUT2D eigenvalue weighted by atomic mass is 19.1. The molecule has 2 saturated heterocycles. The van der Waals surface area contributed by atoms with Crippen LogP contribution in [0.1, 0.15) is 54.5 Å². The zero-order valence-electron chi connectivity index (χ0n) is 27.7. The molecule has 50 heavy (non-hydrogen) atoms. The summed E-state index contributed by atoms with van der Waals surface area (Å²) in [5.74, 6) is -1.86. The molecule has 11 nitrogen and oxygen atoms in total. The Labute approximate surface area is 286 Å². The largest absolute Gasteiger partial charge is 0.477 e. The Balaban J connectivity index is 0.892. The summed E-state index contributed by atoms with van der Waals surface area (Å²) in [6.45, 7) is 8.67. The van der Waals surface area contributed by atoms with Crippen molar-refractivity contribution in [1.82, 2.24) is 18.9 Å². The number of anilines is 2. The summed E-state index contributed by atoms with van der Waals surface area (Å²) in [6, 6.07) is 7.98. The van der Waals surface area contributed by atoms with E-state index in [0.717, 1.165) is 43.0 Å². The van der Waals surface area contributed by atoms with Gasteiger partial charge in [-0.3, -0.25) is 15.0 Å². The number of carboxylic acids is 1. The summed E-state index contributed by atoms with van der Waals surface area (Å²) in [5, 5.41) is 18.8. The summed E-state index contributed by atoms with van der Waals surface area (Å²) >= 11 is 0. The van der Waals surface area contributed by atoms with Crippen LogP contribution in [0.25, 0.3) is 21.8 Å². The van der Waals surface area contributed by atoms with Gasteiger partial charge in [-0.1, -0.05) is 6.58 Å². The molecule has 0 radical (unpaired) electrons. The molecule has 8 rings (SSSR count). The Morgan fingerprint density at radius 1 is 0.780 bits per heavy atom. The van der Waals surface area contributed by atoms with Crippen LogP contribution in [0.15, 0.2) is 64.6 Å². The summed E-state index contributed by atoms with van der Waals surface area (Å²) in [4.78, 5) is 45.1. The fraction of sp³-hybridized carbons (Fsp3) is 0.405. The lowest BCUT2D eigenvalue weighted by molar-refractivity contribution is 0.0694. The van der Waals surface area contributed by atoms with E-state index in [1.165, 1.54) is 18.3 Å².